The molecule has 2 unspecified atom stereocenters. The SMILES string of the molecule is CC1CN(C(=O)c2ccc(C#CCN)s2)CC1N(C)C. The summed E-state index contributed by atoms with van der Waals surface area (Å²) >= 11 is 1.44. The molecule has 0 aliphatic carbocycles. The Hall–Kier alpha value is -1.35. The van der Waals surface area contributed by atoms with Gasteiger partial charge < -0.3 is 15.5 Å². The molecule has 2 heterocycles. The van der Waals surface area contributed by atoms with E-state index in [1.807, 2.05) is 17.0 Å². The van der Waals surface area contributed by atoms with E-state index >= 15 is 0 Å². The highest BCUT2D eigenvalue weighted by molar-refractivity contribution is 7.14. The van der Waals surface area contributed by atoms with Gasteiger partial charge in [0.05, 0.1) is 16.3 Å². The number of likely N-dealkylation sites (N-methyl/N-ethyl adjacent to an activating group) is 1. The molecule has 2 atom stereocenters. The molecular formula is C15H21N3OS. The highest BCUT2D eigenvalue weighted by Gasteiger charge is 2.34. The number of nitrogens with two attached hydrogens (primary N) is 1. The first-order valence-corrected chi connectivity index (χ1v) is 7.59. The number of amides is 1. The number of thiophene rings is 1. The van der Waals surface area contributed by atoms with Crippen molar-refractivity contribution < 1.29 is 4.79 Å². The number of nitrogens with zero attached hydrogens (tertiary/aromatic N) is 2. The Kier molecular flexibility index (Phi) is 4.81. The molecule has 1 saturated heterocycles. The van der Waals surface area contributed by atoms with Crippen LogP contribution in [0.25, 0.3) is 0 Å². The van der Waals surface area contributed by atoms with E-state index < -0.39 is 0 Å². The second-order valence-corrected chi connectivity index (χ2v) is 6.47. The Bertz CT molecular complexity index is 541. The Morgan fingerprint density at radius 2 is 2.25 bits per heavy atom. The number of hydrogen-bond donors (Lipinski definition) is 1. The van der Waals surface area contributed by atoms with Crippen molar-refractivity contribution in [3.05, 3.63) is 21.9 Å². The number of rotatable bonds is 2. The molecule has 2 N–H and O–H groups in total. The van der Waals surface area contributed by atoms with E-state index in [0.29, 0.717) is 18.5 Å². The van der Waals surface area contributed by atoms with Crippen molar-refractivity contribution in [2.45, 2.75) is 13.0 Å². The first kappa shape index (κ1) is 15.0. The van der Waals surface area contributed by atoms with Crippen molar-refractivity contribution >= 4 is 17.2 Å². The average molecular weight is 291 g/mol. The van der Waals surface area contributed by atoms with Crippen molar-refractivity contribution in [3.8, 4) is 11.8 Å². The number of carbonyl (C=O) groups excluding carboxylic acids is 1. The molecular weight excluding hydrogens is 270 g/mol. The molecule has 0 radical (unpaired) electrons. The maximum absolute atomic E-state index is 12.5. The van der Waals surface area contributed by atoms with Crippen LogP contribution in [0.4, 0.5) is 0 Å². The van der Waals surface area contributed by atoms with Crippen molar-refractivity contribution in [2.75, 3.05) is 33.7 Å². The lowest BCUT2D eigenvalue weighted by Gasteiger charge is -2.22. The Labute approximate surface area is 124 Å². The van der Waals surface area contributed by atoms with Gasteiger partial charge in [-0.2, -0.15) is 0 Å². The standard InChI is InChI=1S/C15H21N3OS/c1-11-9-18(10-13(11)17(2)3)15(19)14-7-6-12(20-14)5-4-8-16/h6-7,11,13H,8-10,16H2,1-3H3. The molecule has 0 spiro atoms. The maximum Gasteiger partial charge on any atom is 0.264 e. The van der Waals surface area contributed by atoms with Crippen LogP contribution in [0.2, 0.25) is 0 Å². The predicted molar refractivity (Wildman–Crippen MR) is 82.8 cm³/mol. The van der Waals surface area contributed by atoms with Gasteiger partial charge >= 0.3 is 0 Å². The lowest BCUT2D eigenvalue weighted by Crippen LogP contribution is -2.35. The van der Waals surface area contributed by atoms with E-state index in [1.165, 1.54) is 11.3 Å². The highest BCUT2D eigenvalue weighted by Crippen LogP contribution is 2.24. The zero-order valence-electron chi connectivity index (χ0n) is 12.2. The van der Waals surface area contributed by atoms with E-state index in [1.54, 1.807) is 0 Å². The fourth-order valence-corrected chi connectivity index (χ4v) is 3.45. The fraction of sp³-hybridized carbons (Fsp3) is 0.533. The molecule has 20 heavy (non-hydrogen) atoms. The molecule has 108 valence electrons. The molecule has 1 aromatic rings. The molecule has 1 amide bonds. The van der Waals surface area contributed by atoms with E-state index in [9.17, 15) is 4.79 Å². The number of carbonyl (C=O) groups is 1. The third-order valence-electron chi connectivity index (χ3n) is 3.65. The molecule has 0 aromatic carbocycles. The Balaban J connectivity index is 2.07. The molecule has 5 heteroatoms. The smallest absolute Gasteiger partial charge is 0.264 e. The second kappa shape index (κ2) is 6.40. The zero-order chi connectivity index (χ0) is 14.7. The lowest BCUT2D eigenvalue weighted by atomic mass is 10.1. The molecule has 4 nitrogen and oxygen atoms in total. The van der Waals surface area contributed by atoms with Crippen LogP contribution in [0, 0.1) is 17.8 Å². The van der Waals surface area contributed by atoms with Gasteiger partial charge in [-0.25, -0.2) is 0 Å². The quantitative estimate of drug-likeness (QED) is 0.830. The molecule has 2 rings (SSSR count). The van der Waals surface area contributed by atoms with E-state index in [0.717, 1.165) is 22.8 Å². The minimum Gasteiger partial charge on any atom is -0.336 e. The predicted octanol–water partition coefficient (Wildman–Crippen LogP) is 1.08. The highest BCUT2D eigenvalue weighted by atomic mass is 32.1. The van der Waals surface area contributed by atoms with E-state index in [4.69, 9.17) is 5.73 Å². The van der Waals surface area contributed by atoms with Gasteiger partial charge in [0.1, 0.15) is 0 Å². The number of likely N-dealkylation sites (tertiary alicyclic amines) is 1. The summed E-state index contributed by atoms with van der Waals surface area (Å²) < 4.78 is 0. The lowest BCUT2D eigenvalue weighted by molar-refractivity contribution is 0.0786. The largest absolute Gasteiger partial charge is 0.336 e. The molecule has 1 aliphatic heterocycles. The van der Waals surface area contributed by atoms with E-state index in [2.05, 4.69) is 37.8 Å². The van der Waals surface area contributed by atoms with Gasteiger partial charge in [-0.3, -0.25) is 4.79 Å². The molecule has 1 fully saturated rings. The van der Waals surface area contributed by atoms with Gasteiger partial charge in [-0.1, -0.05) is 18.8 Å². The summed E-state index contributed by atoms with van der Waals surface area (Å²) in [5, 5.41) is 0. The first-order chi connectivity index (χ1) is 9.52. The minimum atomic E-state index is 0.118. The summed E-state index contributed by atoms with van der Waals surface area (Å²) in [5.74, 6) is 6.41. The van der Waals surface area contributed by atoms with Gasteiger partial charge in [0.25, 0.3) is 5.91 Å². The Morgan fingerprint density at radius 3 is 2.85 bits per heavy atom. The van der Waals surface area contributed by atoms with Crippen molar-refractivity contribution in [3.63, 3.8) is 0 Å². The van der Waals surface area contributed by atoms with Gasteiger partial charge in [-0.05, 0) is 32.1 Å². The topological polar surface area (TPSA) is 49.6 Å². The summed E-state index contributed by atoms with van der Waals surface area (Å²) in [4.78, 5) is 18.3. The van der Waals surface area contributed by atoms with Crippen LogP contribution < -0.4 is 5.73 Å². The molecule has 0 bridgehead atoms. The zero-order valence-corrected chi connectivity index (χ0v) is 13.0. The molecule has 0 saturated carbocycles. The van der Waals surface area contributed by atoms with Crippen LogP contribution in [-0.2, 0) is 0 Å². The fourth-order valence-electron chi connectivity index (χ4n) is 2.60. The van der Waals surface area contributed by atoms with Crippen LogP contribution in [0.1, 0.15) is 21.5 Å². The van der Waals surface area contributed by atoms with Crippen LogP contribution in [0.3, 0.4) is 0 Å². The van der Waals surface area contributed by atoms with Crippen LogP contribution in [0.5, 0.6) is 0 Å². The van der Waals surface area contributed by atoms with Crippen LogP contribution in [-0.4, -0.2) is 55.5 Å². The average Bonchev–Trinajstić information content (AvgIpc) is 3.02. The summed E-state index contributed by atoms with van der Waals surface area (Å²) in [6, 6.07) is 4.19. The monoisotopic (exact) mass is 291 g/mol. The molecule has 1 aromatic heterocycles. The van der Waals surface area contributed by atoms with Crippen molar-refractivity contribution in [2.24, 2.45) is 11.7 Å². The van der Waals surface area contributed by atoms with Crippen LogP contribution in [0.15, 0.2) is 12.1 Å². The van der Waals surface area contributed by atoms with Gasteiger partial charge in [-0.15, -0.1) is 11.3 Å². The van der Waals surface area contributed by atoms with Crippen LogP contribution >= 0.6 is 11.3 Å². The van der Waals surface area contributed by atoms with Gasteiger partial charge in [0.15, 0.2) is 0 Å². The number of hydrogen-bond acceptors (Lipinski definition) is 4. The second-order valence-electron chi connectivity index (χ2n) is 5.39. The van der Waals surface area contributed by atoms with Crippen molar-refractivity contribution in [1.29, 1.82) is 0 Å². The first-order valence-electron chi connectivity index (χ1n) is 6.77. The van der Waals surface area contributed by atoms with E-state index in [-0.39, 0.29) is 5.91 Å². The normalized spacial score (nSPS) is 21.9. The maximum atomic E-state index is 12.5. The van der Waals surface area contributed by atoms with Crippen molar-refractivity contribution in [1.82, 2.24) is 9.80 Å². The van der Waals surface area contributed by atoms with Gasteiger partial charge in [0, 0.05) is 19.1 Å². The minimum absolute atomic E-state index is 0.118. The summed E-state index contributed by atoms with van der Waals surface area (Å²) in [6.45, 7) is 4.16. The molecule has 1 aliphatic rings. The third-order valence-corrected chi connectivity index (χ3v) is 4.64. The third kappa shape index (κ3) is 3.21. The Morgan fingerprint density at radius 1 is 1.50 bits per heavy atom. The van der Waals surface area contributed by atoms with Gasteiger partial charge in [0.2, 0.25) is 0 Å². The summed E-state index contributed by atoms with van der Waals surface area (Å²) in [6.07, 6.45) is 0. The summed E-state index contributed by atoms with van der Waals surface area (Å²) in [5.41, 5.74) is 5.35. The summed E-state index contributed by atoms with van der Waals surface area (Å²) in [7, 11) is 4.14.